The number of furan rings is 1. The topological polar surface area (TPSA) is 62.7 Å². The average molecular weight is 295 g/mol. The van der Waals surface area contributed by atoms with Gasteiger partial charge in [0.05, 0.1) is 17.3 Å². The summed E-state index contributed by atoms with van der Waals surface area (Å²) in [5.41, 5.74) is 5.66. The summed E-state index contributed by atoms with van der Waals surface area (Å²) in [6.45, 7) is 5.14. The van der Waals surface area contributed by atoms with Gasteiger partial charge in [0.25, 0.3) is 0 Å². The lowest BCUT2D eigenvalue weighted by Gasteiger charge is -2.37. The monoisotopic (exact) mass is 295 g/mol. The minimum absolute atomic E-state index is 0.102. The van der Waals surface area contributed by atoms with Crippen LogP contribution in [-0.2, 0) is 11.2 Å². The van der Waals surface area contributed by atoms with E-state index in [1.165, 1.54) is 0 Å². The number of hydrogen-bond donors (Lipinski definition) is 1. The molecule has 1 aromatic rings. The first-order chi connectivity index (χ1) is 9.58. The molecule has 2 heterocycles. The van der Waals surface area contributed by atoms with Gasteiger partial charge in [0.1, 0.15) is 5.76 Å². The SMILES string of the molecule is CC(C(N)=S)N1CCN(C(=O)CCc2ccco2)CC1. The number of hydrogen-bond acceptors (Lipinski definition) is 4. The van der Waals surface area contributed by atoms with Crippen molar-refractivity contribution in [1.29, 1.82) is 0 Å². The number of piperazine rings is 1. The summed E-state index contributed by atoms with van der Waals surface area (Å²) < 4.78 is 5.24. The molecule has 6 heteroatoms. The van der Waals surface area contributed by atoms with Crippen LogP contribution < -0.4 is 5.73 Å². The van der Waals surface area contributed by atoms with Crippen molar-refractivity contribution >= 4 is 23.1 Å². The standard InChI is InChI=1S/C14H21N3O2S/c1-11(14(15)20)16-6-8-17(9-7-16)13(18)5-4-12-3-2-10-19-12/h2-3,10-11H,4-9H2,1H3,(H2,15,20). The van der Waals surface area contributed by atoms with E-state index in [1.54, 1.807) is 6.26 Å². The van der Waals surface area contributed by atoms with Gasteiger partial charge in [-0.05, 0) is 19.1 Å². The van der Waals surface area contributed by atoms with E-state index in [1.807, 2.05) is 24.0 Å². The Morgan fingerprint density at radius 3 is 2.70 bits per heavy atom. The molecule has 0 spiro atoms. The Labute approximate surface area is 124 Å². The normalized spacial score (nSPS) is 17.9. The Hall–Kier alpha value is -1.40. The van der Waals surface area contributed by atoms with Crippen LogP contribution in [0.2, 0.25) is 0 Å². The predicted octanol–water partition coefficient (Wildman–Crippen LogP) is 1.03. The van der Waals surface area contributed by atoms with Crippen LogP contribution in [0.25, 0.3) is 0 Å². The molecule has 1 saturated heterocycles. The number of carbonyl (C=O) groups excluding carboxylic acids is 1. The summed E-state index contributed by atoms with van der Waals surface area (Å²) in [4.78, 5) is 16.8. The van der Waals surface area contributed by atoms with Crippen molar-refractivity contribution in [1.82, 2.24) is 9.80 Å². The molecule has 0 saturated carbocycles. The van der Waals surface area contributed by atoms with Crippen LogP contribution in [0.5, 0.6) is 0 Å². The number of carbonyl (C=O) groups is 1. The third kappa shape index (κ3) is 3.80. The summed E-state index contributed by atoms with van der Waals surface area (Å²) in [7, 11) is 0. The van der Waals surface area contributed by atoms with Crippen molar-refractivity contribution < 1.29 is 9.21 Å². The maximum atomic E-state index is 12.1. The maximum absolute atomic E-state index is 12.1. The van der Waals surface area contributed by atoms with Crippen LogP contribution in [0, 0.1) is 0 Å². The maximum Gasteiger partial charge on any atom is 0.223 e. The van der Waals surface area contributed by atoms with Crippen LogP contribution in [0.4, 0.5) is 0 Å². The van der Waals surface area contributed by atoms with E-state index in [0.29, 0.717) is 17.8 Å². The molecule has 2 N–H and O–H groups in total. The Bertz CT molecular complexity index is 453. The lowest BCUT2D eigenvalue weighted by Crippen LogP contribution is -2.53. The molecular formula is C14H21N3O2S. The summed E-state index contributed by atoms with van der Waals surface area (Å²) in [6.07, 6.45) is 2.80. The first kappa shape index (κ1) is 15.0. The molecule has 1 fully saturated rings. The van der Waals surface area contributed by atoms with Crippen LogP contribution in [0.3, 0.4) is 0 Å². The molecule has 110 valence electrons. The number of amides is 1. The molecule has 0 bridgehead atoms. The lowest BCUT2D eigenvalue weighted by atomic mass is 10.2. The summed E-state index contributed by atoms with van der Waals surface area (Å²) in [6, 6.07) is 3.84. The van der Waals surface area contributed by atoms with Crippen LogP contribution >= 0.6 is 12.2 Å². The molecule has 1 unspecified atom stereocenters. The van der Waals surface area contributed by atoms with Gasteiger partial charge in [-0.25, -0.2) is 0 Å². The van der Waals surface area contributed by atoms with Gasteiger partial charge in [0.2, 0.25) is 5.91 Å². The summed E-state index contributed by atoms with van der Waals surface area (Å²) in [5.74, 6) is 1.04. The smallest absolute Gasteiger partial charge is 0.223 e. The van der Waals surface area contributed by atoms with Gasteiger partial charge in [-0.2, -0.15) is 0 Å². The minimum atomic E-state index is 0.102. The number of nitrogens with zero attached hydrogens (tertiary/aromatic N) is 2. The first-order valence-electron chi connectivity index (χ1n) is 6.91. The highest BCUT2D eigenvalue weighted by atomic mass is 32.1. The molecular weight excluding hydrogens is 274 g/mol. The van der Waals surface area contributed by atoms with E-state index >= 15 is 0 Å². The Kier molecular flexibility index (Phi) is 5.14. The minimum Gasteiger partial charge on any atom is -0.469 e. The average Bonchev–Trinajstić information content (AvgIpc) is 2.97. The van der Waals surface area contributed by atoms with Crippen LogP contribution in [0.1, 0.15) is 19.1 Å². The van der Waals surface area contributed by atoms with Crippen molar-refractivity contribution in [3.63, 3.8) is 0 Å². The molecule has 1 aromatic heterocycles. The van der Waals surface area contributed by atoms with Crippen LogP contribution in [0.15, 0.2) is 22.8 Å². The van der Waals surface area contributed by atoms with Gasteiger partial charge in [0.15, 0.2) is 0 Å². The van der Waals surface area contributed by atoms with Crippen molar-refractivity contribution in [3.05, 3.63) is 24.2 Å². The van der Waals surface area contributed by atoms with Gasteiger partial charge >= 0.3 is 0 Å². The molecule has 1 amide bonds. The second kappa shape index (κ2) is 6.85. The molecule has 1 atom stereocenters. The van der Waals surface area contributed by atoms with Gasteiger partial charge < -0.3 is 15.1 Å². The number of nitrogens with two attached hydrogens (primary N) is 1. The highest BCUT2D eigenvalue weighted by Gasteiger charge is 2.24. The Balaban J connectivity index is 1.75. The molecule has 2 rings (SSSR count). The third-order valence-electron chi connectivity index (χ3n) is 3.79. The summed E-state index contributed by atoms with van der Waals surface area (Å²) >= 11 is 5.01. The zero-order valence-electron chi connectivity index (χ0n) is 11.7. The molecule has 0 radical (unpaired) electrons. The van der Waals surface area contributed by atoms with Gasteiger partial charge in [0, 0.05) is 39.0 Å². The lowest BCUT2D eigenvalue weighted by molar-refractivity contribution is -0.133. The molecule has 0 aromatic carbocycles. The first-order valence-corrected chi connectivity index (χ1v) is 7.32. The largest absolute Gasteiger partial charge is 0.469 e. The fourth-order valence-electron chi connectivity index (χ4n) is 2.38. The fourth-order valence-corrected chi connectivity index (χ4v) is 2.53. The summed E-state index contributed by atoms with van der Waals surface area (Å²) in [5, 5.41) is 0. The Morgan fingerprint density at radius 2 is 2.15 bits per heavy atom. The van der Waals surface area contributed by atoms with E-state index in [0.717, 1.165) is 31.9 Å². The second-order valence-electron chi connectivity index (χ2n) is 5.07. The zero-order chi connectivity index (χ0) is 14.5. The van der Waals surface area contributed by atoms with E-state index < -0.39 is 0 Å². The molecule has 20 heavy (non-hydrogen) atoms. The quantitative estimate of drug-likeness (QED) is 0.822. The van der Waals surface area contributed by atoms with Crippen molar-refractivity contribution in [2.75, 3.05) is 26.2 Å². The van der Waals surface area contributed by atoms with E-state index in [-0.39, 0.29) is 11.9 Å². The highest BCUT2D eigenvalue weighted by Crippen LogP contribution is 2.10. The predicted molar refractivity (Wildman–Crippen MR) is 81.4 cm³/mol. The highest BCUT2D eigenvalue weighted by molar-refractivity contribution is 7.80. The second-order valence-corrected chi connectivity index (χ2v) is 5.55. The van der Waals surface area contributed by atoms with E-state index in [9.17, 15) is 4.79 Å². The number of aryl methyl sites for hydroxylation is 1. The van der Waals surface area contributed by atoms with Crippen molar-refractivity contribution in [2.45, 2.75) is 25.8 Å². The molecule has 0 aliphatic carbocycles. The van der Waals surface area contributed by atoms with E-state index in [2.05, 4.69) is 4.90 Å². The Morgan fingerprint density at radius 1 is 1.45 bits per heavy atom. The van der Waals surface area contributed by atoms with Crippen LogP contribution in [-0.4, -0.2) is 52.9 Å². The number of rotatable bonds is 5. The molecule has 1 aliphatic heterocycles. The van der Waals surface area contributed by atoms with Gasteiger partial charge in [-0.3, -0.25) is 9.69 Å². The van der Waals surface area contributed by atoms with Gasteiger partial charge in [-0.1, -0.05) is 12.2 Å². The number of thiocarbonyl (C=S) groups is 1. The fraction of sp³-hybridized carbons (Fsp3) is 0.571. The van der Waals surface area contributed by atoms with Gasteiger partial charge in [-0.15, -0.1) is 0 Å². The van der Waals surface area contributed by atoms with Crippen molar-refractivity contribution in [3.8, 4) is 0 Å². The molecule has 1 aliphatic rings. The van der Waals surface area contributed by atoms with Crippen molar-refractivity contribution in [2.24, 2.45) is 5.73 Å². The third-order valence-corrected chi connectivity index (χ3v) is 4.13. The van der Waals surface area contributed by atoms with E-state index in [4.69, 9.17) is 22.4 Å². The molecule has 5 nitrogen and oxygen atoms in total. The zero-order valence-corrected chi connectivity index (χ0v) is 12.6.